The molecule has 3 nitrogen and oxygen atoms in total. The number of carbonyl (C=O) groups is 1. The van der Waals surface area contributed by atoms with Crippen molar-refractivity contribution in [1.82, 2.24) is 4.98 Å². The molecule has 1 heterocycles. The van der Waals surface area contributed by atoms with Gasteiger partial charge in [-0.25, -0.2) is 4.98 Å². The van der Waals surface area contributed by atoms with Crippen molar-refractivity contribution in [2.75, 3.05) is 7.11 Å². The van der Waals surface area contributed by atoms with Gasteiger partial charge in [-0.15, -0.1) is 11.3 Å². The summed E-state index contributed by atoms with van der Waals surface area (Å²) >= 11 is 1.60. The summed E-state index contributed by atoms with van der Waals surface area (Å²) < 4.78 is 4.80. The number of hydrogen-bond donors (Lipinski definition) is 0. The fraction of sp³-hybridized carbons (Fsp3) is 0.636. The molecule has 4 heteroatoms. The van der Waals surface area contributed by atoms with Crippen molar-refractivity contribution >= 4 is 17.3 Å². The topological polar surface area (TPSA) is 39.2 Å². The van der Waals surface area contributed by atoms with Gasteiger partial charge in [0, 0.05) is 5.38 Å². The molecular weight excluding hydrogens is 210 g/mol. The van der Waals surface area contributed by atoms with Crippen LogP contribution in [0.4, 0.5) is 0 Å². The summed E-state index contributed by atoms with van der Waals surface area (Å²) in [4.78, 5) is 16.0. The van der Waals surface area contributed by atoms with Crippen molar-refractivity contribution < 1.29 is 9.53 Å². The standard InChI is InChI=1S/C11H17NO2S/c1-5-9-12-8(6-15-9)10(7(2)3)11(13)14-4/h6-7,10H,5H2,1-4H3. The summed E-state index contributed by atoms with van der Waals surface area (Å²) in [6, 6.07) is 0. The lowest BCUT2D eigenvalue weighted by Gasteiger charge is -2.15. The van der Waals surface area contributed by atoms with E-state index in [1.165, 1.54) is 7.11 Å². The lowest BCUT2D eigenvalue weighted by Crippen LogP contribution is -2.19. The first kappa shape index (κ1) is 12.2. The predicted octanol–water partition coefficient (Wildman–Crippen LogP) is 2.62. The molecule has 0 radical (unpaired) electrons. The van der Waals surface area contributed by atoms with Crippen LogP contribution in [0.2, 0.25) is 0 Å². The maximum Gasteiger partial charge on any atom is 0.315 e. The van der Waals surface area contributed by atoms with E-state index in [2.05, 4.69) is 11.9 Å². The van der Waals surface area contributed by atoms with E-state index in [9.17, 15) is 4.79 Å². The number of esters is 1. The van der Waals surface area contributed by atoms with E-state index in [0.29, 0.717) is 0 Å². The largest absolute Gasteiger partial charge is 0.468 e. The average Bonchev–Trinajstić information content (AvgIpc) is 2.65. The molecule has 0 N–H and O–H groups in total. The second-order valence-corrected chi connectivity index (χ2v) is 4.71. The molecule has 1 aromatic rings. The molecule has 0 spiro atoms. The minimum atomic E-state index is -0.230. The molecule has 15 heavy (non-hydrogen) atoms. The molecule has 84 valence electrons. The lowest BCUT2D eigenvalue weighted by atomic mass is 9.93. The van der Waals surface area contributed by atoms with Crippen LogP contribution in [0.25, 0.3) is 0 Å². The van der Waals surface area contributed by atoms with E-state index in [1.54, 1.807) is 11.3 Å². The summed E-state index contributed by atoms with van der Waals surface area (Å²) in [5.74, 6) is -0.214. The highest BCUT2D eigenvalue weighted by molar-refractivity contribution is 7.09. The van der Waals surface area contributed by atoms with Gasteiger partial charge in [0.15, 0.2) is 0 Å². The zero-order valence-corrected chi connectivity index (χ0v) is 10.4. The Morgan fingerprint density at radius 3 is 2.67 bits per heavy atom. The zero-order valence-electron chi connectivity index (χ0n) is 9.61. The highest BCUT2D eigenvalue weighted by Crippen LogP contribution is 2.27. The van der Waals surface area contributed by atoms with Crippen molar-refractivity contribution in [2.45, 2.75) is 33.1 Å². The molecule has 0 saturated heterocycles. The molecule has 0 aliphatic rings. The van der Waals surface area contributed by atoms with Gasteiger partial charge in [0.1, 0.15) is 5.92 Å². The fourth-order valence-electron chi connectivity index (χ4n) is 1.49. The number of carbonyl (C=O) groups excluding carboxylic acids is 1. The van der Waals surface area contributed by atoms with Gasteiger partial charge >= 0.3 is 5.97 Å². The first-order chi connectivity index (χ1) is 7.10. The molecule has 0 fully saturated rings. The average molecular weight is 227 g/mol. The molecule has 0 amide bonds. The number of thiazole rings is 1. The Labute approximate surface area is 94.5 Å². The third-order valence-corrected chi connectivity index (χ3v) is 3.32. The van der Waals surface area contributed by atoms with Crippen molar-refractivity contribution in [3.8, 4) is 0 Å². The van der Waals surface area contributed by atoms with Crippen LogP contribution in [-0.2, 0) is 16.0 Å². The zero-order chi connectivity index (χ0) is 11.4. The lowest BCUT2D eigenvalue weighted by molar-refractivity contribution is -0.143. The van der Waals surface area contributed by atoms with E-state index >= 15 is 0 Å². The van der Waals surface area contributed by atoms with Gasteiger partial charge in [0.2, 0.25) is 0 Å². The number of aryl methyl sites for hydroxylation is 1. The fourth-order valence-corrected chi connectivity index (χ4v) is 2.27. The van der Waals surface area contributed by atoms with Crippen molar-refractivity contribution in [3.05, 3.63) is 16.1 Å². The van der Waals surface area contributed by atoms with Crippen LogP contribution in [0.3, 0.4) is 0 Å². The maximum atomic E-state index is 11.6. The number of ether oxygens (including phenoxy) is 1. The Bertz CT molecular complexity index is 333. The smallest absolute Gasteiger partial charge is 0.315 e. The first-order valence-electron chi connectivity index (χ1n) is 5.12. The number of methoxy groups -OCH3 is 1. The van der Waals surface area contributed by atoms with Gasteiger partial charge in [0.05, 0.1) is 17.8 Å². The van der Waals surface area contributed by atoms with Crippen LogP contribution in [0.5, 0.6) is 0 Å². The van der Waals surface area contributed by atoms with E-state index in [4.69, 9.17) is 4.74 Å². The summed E-state index contributed by atoms with van der Waals surface area (Å²) in [6.45, 7) is 6.07. The number of aromatic nitrogens is 1. The Kier molecular flexibility index (Phi) is 4.27. The van der Waals surface area contributed by atoms with Crippen molar-refractivity contribution in [2.24, 2.45) is 5.92 Å². The van der Waals surface area contributed by atoms with E-state index in [1.807, 2.05) is 19.2 Å². The molecule has 1 aromatic heterocycles. The second kappa shape index (κ2) is 5.26. The summed E-state index contributed by atoms with van der Waals surface area (Å²) in [5, 5.41) is 3.03. The minimum absolute atomic E-state index is 0.196. The van der Waals surface area contributed by atoms with Crippen LogP contribution in [0, 0.1) is 5.92 Å². The van der Waals surface area contributed by atoms with E-state index < -0.39 is 0 Å². The van der Waals surface area contributed by atoms with Crippen LogP contribution in [-0.4, -0.2) is 18.1 Å². The number of rotatable bonds is 4. The molecule has 0 saturated carbocycles. The molecule has 1 unspecified atom stereocenters. The Morgan fingerprint density at radius 2 is 2.27 bits per heavy atom. The molecular formula is C11H17NO2S. The highest BCUT2D eigenvalue weighted by atomic mass is 32.1. The third kappa shape index (κ3) is 2.78. The molecule has 1 rings (SSSR count). The summed E-state index contributed by atoms with van der Waals surface area (Å²) in [6.07, 6.45) is 0.913. The second-order valence-electron chi connectivity index (χ2n) is 3.76. The number of nitrogens with zero attached hydrogens (tertiary/aromatic N) is 1. The molecule has 0 aliphatic carbocycles. The minimum Gasteiger partial charge on any atom is -0.468 e. The Hall–Kier alpha value is -0.900. The Balaban J connectivity index is 2.93. The molecule has 1 atom stereocenters. The van der Waals surface area contributed by atoms with Crippen molar-refractivity contribution in [3.63, 3.8) is 0 Å². The molecule has 0 aromatic carbocycles. The van der Waals surface area contributed by atoms with Crippen LogP contribution < -0.4 is 0 Å². The van der Waals surface area contributed by atoms with Crippen LogP contribution in [0.15, 0.2) is 5.38 Å². The normalized spacial score (nSPS) is 12.9. The van der Waals surface area contributed by atoms with Gasteiger partial charge in [-0.2, -0.15) is 0 Å². The van der Waals surface area contributed by atoms with Gasteiger partial charge in [-0.05, 0) is 12.3 Å². The maximum absolute atomic E-state index is 11.6. The molecule has 0 aliphatic heterocycles. The number of hydrogen-bond acceptors (Lipinski definition) is 4. The summed E-state index contributed by atoms with van der Waals surface area (Å²) in [5.41, 5.74) is 0.846. The molecule has 0 bridgehead atoms. The summed E-state index contributed by atoms with van der Waals surface area (Å²) in [7, 11) is 1.42. The Morgan fingerprint density at radius 1 is 1.60 bits per heavy atom. The van der Waals surface area contributed by atoms with Gasteiger partial charge in [-0.3, -0.25) is 4.79 Å². The van der Waals surface area contributed by atoms with E-state index in [0.717, 1.165) is 17.1 Å². The highest BCUT2D eigenvalue weighted by Gasteiger charge is 2.27. The van der Waals surface area contributed by atoms with E-state index in [-0.39, 0.29) is 17.8 Å². The first-order valence-corrected chi connectivity index (χ1v) is 6.00. The third-order valence-electron chi connectivity index (χ3n) is 2.31. The van der Waals surface area contributed by atoms with Crippen LogP contribution >= 0.6 is 11.3 Å². The van der Waals surface area contributed by atoms with Crippen LogP contribution in [0.1, 0.15) is 37.4 Å². The monoisotopic (exact) mass is 227 g/mol. The van der Waals surface area contributed by atoms with Crippen molar-refractivity contribution in [1.29, 1.82) is 0 Å². The SMILES string of the molecule is CCc1nc(C(C(=O)OC)C(C)C)cs1. The van der Waals surface area contributed by atoms with Gasteiger partial charge < -0.3 is 4.74 Å². The predicted molar refractivity (Wildman–Crippen MR) is 61.1 cm³/mol. The quantitative estimate of drug-likeness (QED) is 0.742. The van der Waals surface area contributed by atoms with Gasteiger partial charge in [0.25, 0.3) is 0 Å². The van der Waals surface area contributed by atoms with Gasteiger partial charge in [-0.1, -0.05) is 20.8 Å².